The predicted octanol–water partition coefficient (Wildman–Crippen LogP) is 2.18. The van der Waals surface area contributed by atoms with E-state index in [1.807, 2.05) is 6.92 Å². The van der Waals surface area contributed by atoms with E-state index in [1.165, 1.54) is 6.07 Å². The van der Waals surface area contributed by atoms with Gasteiger partial charge in [0.2, 0.25) is 0 Å². The number of hydrogen-bond acceptors (Lipinski definition) is 3. The molecule has 0 aliphatic rings. The average molecular weight is 234 g/mol. The van der Waals surface area contributed by atoms with E-state index >= 15 is 0 Å². The van der Waals surface area contributed by atoms with Crippen LogP contribution in [0.3, 0.4) is 0 Å². The molecule has 0 spiro atoms. The summed E-state index contributed by atoms with van der Waals surface area (Å²) < 4.78 is 13.5. The largest absolute Gasteiger partial charge is 0.480 e. The van der Waals surface area contributed by atoms with Crippen molar-refractivity contribution in [1.29, 1.82) is 0 Å². The number of carboxylic acid groups (broad SMARTS) is 1. The molecular weight excluding hydrogens is 223 g/mol. The maximum absolute atomic E-state index is 13.5. The molecule has 1 heterocycles. The predicted molar refractivity (Wildman–Crippen MR) is 62.6 cm³/mol. The molecule has 0 saturated heterocycles. The van der Waals surface area contributed by atoms with Crippen molar-refractivity contribution in [2.24, 2.45) is 0 Å². The van der Waals surface area contributed by atoms with Gasteiger partial charge in [0.05, 0.1) is 0 Å². The van der Waals surface area contributed by atoms with Crippen LogP contribution in [0.15, 0.2) is 24.3 Å². The Hall–Kier alpha value is -2.17. The average Bonchev–Trinajstić information content (AvgIpc) is 2.28. The van der Waals surface area contributed by atoms with Crippen LogP contribution in [-0.4, -0.2) is 22.6 Å². The monoisotopic (exact) mass is 234 g/mol. The molecule has 0 amide bonds. The van der Waals surface area contributed by atoms with E-state index in [9.17, 15) is 9.18 Å². The summed E-state index contributed by atoms with van der Waals surface area (Å²) in [5, 5.41) is 11.9. The molecule has 0 unspecified atom stereocenters. The SMILES string of the molecule is Cc1cc(NCC(=O)O)nc2c(F)cccc12. The Morgan fingerprint density at radius 2 is 2.29 bits per heavy atom. The highest BCUT2D eigenvalue weighted by Crippen LogP contribution is 2.22. The summed E-state index contributed by atoms with van der Waals surface area (Å²) in [6, 6.07) is 6.43. The number of para-hydroxylation sites is 1. The molecule has 88 valence electrons. The van der Waals surface area contributed by atoms with Gasteiger partial charge in [0.25, 0.3) is 0 Å². The topological polar surface area (TPSA) is 62.2 Å². The van der Waals surface area contributed by atoms with E-state index in [2.05, 4.69) is 10.3 Å². The zero-order chi connectivity index (χ0) is 12.4. The first-order valence-corrected chi connectivity index (χ1v) is 5.09. The smallest absolute Gasteiger partial charge is 0.322 e. The second kappa shape index (κ2) is 4.37. The van der Waals surface area contributed by atoms with Crippen molar-refractivity contribution in [2.45, 2.75) is 6.92 Å². The van der Waals surface area contributed by atoms with Crippen LogP contribution in [-0.2, 0) is 4.79 Å². The first-order valence-electron chi connectivity index (χ1n) is 5.09. The van der Waals surface area contributed by atoms with Gasteiger partial charge in [-0.25, -0.2) is 9.37 Å². The lowest BCUT2D eigenvalue weighted by atomic mass is 10.1. The van der Waals surface area contributed by atoms with Gasteiger partial charge in [-0.1, -0.05) is 12.1 Å². The highest BCUT2D eigenvalue weighted by molar-refractivity contribution is 5.84. The second-order valence-electron chi connectivity index (χ2n) is 3.71. The van der Waals surface area contributed by atoms with Crippen LogP contribution in [0.25, 0.3) is 10.9 Å². The Bertz CT molecular complexity index is 584. The molecule has 17 heavy (non-hydrogen) atoms. The summed E-state index contributed by atoms with van der Waals surface area (Å²) in [7, 11) is 0. The van der Waals surface area contributed by atoms with Gasteiger partial charge in [0, 0.05) is 5.39 Å². The van der Waals surface area contributed by atoms with Gasteiger partial charge in [0.1, 0.15) is 23.7 Å². The van der Waals surface area contributed by atoms with Crippen molar-refractivity contribution in [3.05, 3.63) is 35.6 Å². The Kier molecular flexibility index (Phi) is 2.91. The third-order valence-corrected chi connectivity index (χ3v) is 2.42. The van der Waals surface area contributed by atoms with Gasteiger partial charge >= 0.3 is 5.97 Å². The van der Waals surface area contributed by atoms with Crippen LogP contribution in [0.4, 0.5) is 10.2 Å². The fraction of sp³-hybridized carbons (Fsp3) is 0.167. The van der Waals surface area contributed by atoms with Gasteiger partial charge in [-0.15, -0.1) is 0 Å². The summed E-state index contributed by atoms with van der Waals surface area (Å²) in [4.78, 5) is 14.5. The molecule has 0 aliphatic carbocycles. The number of aromatic nitrogens is 1. The highest BCUT2D eigenvalue weighted by atomic mass is 19.1. The third-order valence-electron chi connectivity index (χ3n) is 2.42. The Labute approximate surface area is 97.1 Å². The van der Waals surface area contributed by atoms with E-state index in [1.54, 1.807) is 18.2 Å². The molecule has 5 heteroatoms. The number of nitrogens with zero attached hydrogens (tertiary/aromatic N) is 1. The van der Waals surface area contributed by atoms with Crippen LogP contribution in [0.5, 0.6) is 0 Å². The molecule has 2 rings (SSSR count). The maximum atomic E-state index is 13.5. The summed E-state index contributed by atoms with van der Waals surface area (Å²) in [5.41, 5.74) is 1.10. The summed E-state index contributed by atoms with van der Waals surface area (Å²) in [5.74, 6) is -1.04. The minimum absolute atomic E-state index is 0.244. The number of hydrogen-bond donors (Lipinski definition) is 2. The summed E-state index contributed by atoms with van der Waals surface area (Å²) >= 11 is 0. The van der Waals surface area contributed by atoms with Gasteiger partial charge < -0.3 is 10.4 Å². The number of halogens is 1. The fourth-order valence-corrected chi connectivity index (χ4v) is 1.64. The standard InChI is InChI=1S/C12H11FN2O2/c1-7-5-10(14-6-11(16)17)15-12-8(7)3-2-4-9(12)13/h2-5H,6H2,1H3,(H,14,15)(H,16,17). The molecule has 4 nitrogen and oxygen atoms in total. The number of nitrogens with one attached hydrogen (secondary N) is 1. The molecular formula is C12H11FN2O2. The van der Waals surface area contributed by atoms with Crippen molar-refractivity contribution in [3.63, 3.8) is 0 Å². The summed E-state index contributed by atoms with van der Waals surface area (Å²) in [6.07, 6.45) is 0. The number of fused-ring (bicyclic) bond motifs is 1. The van der Waals surface area contributed by atoms with Crippen molar-refractivity contribution in [1.82, 2.24) is 4.98 Å². The van der Waals surface area contributed by atoms with Crippen LogP contribution >= 0.6 is 0 Å². The molecule has 0 aliphatic heterocycles. The second-order valence-corrected chi connectivity index (χ2v) is 3.71. The van der Waals surface area contributed by atoms with Crippen LogP contribution in [0.2, 0.25) is 0 Å². The number of pyridine rings is 1. The first-order chi connectivity index (χ1) is 8.08. The molecule has 0 fully saturated rings. The molecule has 2 aromatic rings. The Balaban J connectivity index is 2.46. The van der Waals surface area contributed by atoms with E-state index in [0.717, 1.165) is 10.9 Å². The molecule has 1 aromatic carbocycles. The van der Waals surface area contributed by atoms with Gasteiger partial charge in [-0.2, -0.15) is 0 Å². The van der Waals surface area contributed by atoms with Crippen molar-refractivity contribution < 1.29 is 14.3 Å². The normalized spacial score (nSPS) is 10.5. The minimum atomic E-state index is -0.988. The molecule has 0 saturated carbocycles. The number of benzene rings is 1. The lowest BCUT2D eigenvalue weighted by molar-refractivity contribution is -0.134. The van der Waals surface area contributed by atoms with Crippen molar-refractivity contribution >= 4 is 22.7 Å². The first kappa shape index (κ1) is 11.3. The van der Waals surface area contributed by atoms with Crippen molar-refractivity contribution in [3.8, 4) is 0 Å². The van der Waals surface area contributed by atoms with E-state index < -0.39 is 11.8 Å². The Morgan fingerprint density at radius 3 is 3.00 bits per heavy atom. The number of anilines is 1. The molecule has 0 bridgehead atoms. The quantitative estimate of drug-likeness (QED) is 0.854. The number of rotatable bonds is 3. The minimum Gasteiger partial charge on any atom is -0.480 e. The van der Waals surface area contributed by atoms with E-state index in [-0.39, 0.29) is 12.1 Å². The number of carboxylic acids is 1. The lowest BCUT2D eigenvalue weighted by Gasteiger charge is -2.07. The molecule has 1 aromatic heterocycles. The van der Waals surface area contributed by atoms with Crippen LogP contribution in [0.1, 0.15) is 5.56 Å². The highest BCUT2D eigenvalue weighted by Gasteiger charge is 2.07. The van der Waals surface area contributed by atoms with Crippen LogP contribution < -0.4 is 5.32 Å². The lowest BCUT2D eigenvalue weighted by Crippen LogP contribution is -2.13. The zero-order valence-electron chi connectivity index (χ0n) is 9.20. The van der Waals surface area contributed by atoms with Gasteiger partial charge in [0.15, 0.2) is 0 Å². The molecule has 0 atom stereocenters. The van der Waals surface area contributed by atoms with E-state index in [0.29, 0.717) is 5.82 Å². The fourth-order valence-electron chi connectivity index (χ4n) is 1.64. The van der Waals surface area contributed by atoms with E-state index in [4.69, 9.17) is 5.11 Å². The molecule has 0 radical (unpaired) electrons. The Morgan fingerprint density at radius 1 is 1.53 bits per heavy atom. The number of aliphatic carboxylic acids is 1. The van der Waals surface area contributed by atoms with Gasteiger partial charge in [-0.3, -0.25) is 4.79 Å². The third kappa shape index (κ3) is 2.33. The number of carbonyl (C=O) groups is 1. The molecule has 2 N–H and O–H groups in total. The van der Waals surface area contributed by atoms with Gasteiger partial charge in [-0.05, 0) is 24.6 Å². The van der Waals surface area contributed by atoms with Crippen LogP contribution in [0, 0.1) is 12.7 Å². The van der Waals surface area contributed by atoms with Crippen molar-refractivity contribution in [2.75, 3.05) is 11.9 Å². The zero-order valence-corrected chi connectivity index (χ0v) is 9.20. The summed E-state index contributed by atoms with van der Waals surface area (Å²) in [6.45, 7) is 1.59. The maximum Gasteiger partial charge on any atom is 0.322 e. The number of aryl methyl sites for hydroxylation is 1.